The van der Waals surface area contributed by atoms with Crippen molar-refractivity contribution >= 4 is 50.0 Å². The molecule has 0 atom stereocenters. The molecule has 6 heteroatoms. The summed E-state index contributed by atoms with van der Waals surface area (Å²) in [5.41, 5.74) is 3.83. The monoisotopic (exact) mass is 459 g/mol. The minimum atomic E-state index is -0.313. The minimum absolute atomic E-state index is 0.298. The number of rotatable bonds is 4. The molecule has 0 radical (unpaired) electrons. The molecule has 1 heterocycles. The Morgan fingerprint density at radius 3 is 2.23 bits per heavy atom. The van der Waals surface area contributed by atoms with Crippen LogP contribution in [-0.2, 0) is 0 Å². The van der Waals surface area contributed by atoms with Crippen LogP contribution in [0.5, 0.6) is 0 Å². The van der Waals surface area contributed by atoms with Crippen LogP contribution < -0.4 is 10.6 Å². The number of carbonyl (C=O) groups excluding carboxylic acids is 2. The second-order valence-electron chi connectivity index (χ2n) is 6.76. The van der Waals surface area contributed by atoms with Gasteiger partial charge in [-0.15, -0.1) is 0 Å². The molecule has 0 unspecified atom stereocenters. The lowest BCUT2D eigenvalue weighted by molar-refractivity contribution is 0.102. The van der Waals surface area contributed by atoms with Gasteiger partial charge >= 0.3 is 0 Å². The van der Waals surface area contributed by atoms with E-state index < -0.39 is 0 Å². The Morgan fingerprint density at radius 2 is 1.43 bits per heavy atom. The third kappa shape index (κ3) is 3.95. The average Bonchev–Trinajstić information content (AvgIpc) is 2.76. The number of nitrogens with one attached hydrogen (secondary N) is 2. The first-order valence-corrected chi connectivity index (χ1v) is 10.1. The molecule has 0 aliphatic rings. The summed E-state index contributed by atoms with van der Waals surface area (Å²) < 4.78 is 0.683. The van der Waals surface area contributed by atoms with E-state index in [2.05, 4.69) is 31.5 Å². The first-order chi connectivity index (χ1) is 14.5. The Kier molecular flexibility index (Phi) is 5.59. The maximum atomic E-state index is 13.1. The molecule has 0 saturated carbocycles. The fraction of sp³-hybridized carbons (Fsp3) is 0.0417. The highest BCUT2D eigenvalue weighted by Gasteiger charge is 2.16. The molecule has 5 nitrogen and oxygen atoms in total. The molecule has 30 heavy (non-hydrogen) atoms. The number of aromatic nitrogens is 1. The zero-order valence-corrected chi connectivity index (χ0v) is 17.7. The summed E-state index contributed by atoms with van der Waals surface area (Å²) in [6.07, 6.45) is 1.73. The number of amides is 2. The second kappa shape index (κ2) is 8.47. The predicted molar refractivity (Wildman–Crippen MR) is 123 cm³/mol. The van der Waals surface area contributed by atoms with Gasteiger partial charge in [0.2, 0.25) is 0 Å². The van der Waals surface area contributed by atoms with Crippen LogP contribution in [0.3, 0.4) is 0 Å². The number of halogens is 1. The quantitative estimate of drug-likeness (QED) is 0.404. The molecule has 4 aromatic rings. The van der Waals surface area contributed by atoms with Crippen LogP contribution in [0.4, 0.5) is 11.4 Å². The molecule has 2 N–H and O–H groups in total. The van der Waals surface area contributed by atoms with Crippen LogP contribution in [0.1, 0.15) is 26.3 Å². The molecule has 0 aliphatic carbocycles. The highest BCUT2D eigenvalue weighted by molar-refractivity contribution is 9.10. The van der Waals surface area contributed by atoms with Crippen LogP contribution in [0.2, 0.25) is 0 Å². The maximum Gasteiger partial charge on any atom is 0.257 e. The summed E-state index contributed by atoms with van der Waals surface area (Å²) >= 11 is 3.38. The van der Waals surface area contributed by atoms with Crippen LogP contribution in [-0.4, -0.2) is 16.8 Å². The molecule has 148 valence electrons. The molecule has 0 bridgehead atoms. The van der Waals surface area contributed by atoms with Gasteiger partial charge in [-0.2, -0.15) is 0 Å². The van der Waals surface area contributed by atoms with Gasteiger partial charge in [-0.05, 0) is 70.9 Å². The van der Waals surface area contributed by atoms with Gasteiger partial charge in [-0.3, -0.25) is 14.6 Å². The molecule has 2 amide bonds. The van der Waals surface area contributed by atoms with E-state index in [1.54, 1.807) is 48.7 Å². The van der Waals surface area contributed by atoms with Crippen molar-refractivity contribution in [2.24, 2.45) is 0 Å². The first kappa shape index (κ1) is 19.8. The van der Waals surface area contributed by atoms with Crippen LogP contribution in [0, 0.1) is 6.92 Å². The number of nitrogens with zero attached hydrogens (tertiary/aromatic N) is 1. The number of fused-ring (bicyclic) bond motifs is 1. The molecular weight excluding hydrogens is 442 g/mol. The summed E-state index contributed by atoms with van der Waals surface area (Å²) in [6.45, 7) is 1.98. The van der Waals surface area contributed by atoms with Crippen LogP contribution >= 0.6 is 15.9 Å². The summed E-state index contributed by atoms with van der Waals surface area (Å²) in [5.74, 6) is -0.611. The van der Waals surface area contributed by atoms with Crippen molar-refractivity contribution in [1.29, 1.82) is 0 Å². The smallest absolute Gasteiger partial charge is 0.257 e. The largest absolute Gasteiger partial charge is 0.321 e. The lowest BCUT2D eigenvalue weighted by Gasteiger charge is -2.13. The summed E-state index contributed by atoms with van der Waals surface area (Å²) in [4.78, 5) is 30.2. The maximum absolute atomic E-state index is 13.1. The fourth-order valence-electron chi connectivity index (χ4n) is 3.24. The Morgan fingerprint density at radius 1 is 0.767 bits per heavy atom. The van der Waals surface area contributed by atoms with Crippen molar-refractivity contribution < 1.29 is 9.59 Å². The average molecular weight is 460 g/mol. The van der Waals surface area contributed by atoms with E-state index in [1.165, 1.54) is 0 Å². The van der Waals surface area contributed by atoms with Crippen molar-refractivity contribution in [3.8, 4) is 0 Å². The standard InChI is InChI=1S/C24H18BrN3O2/c1-15-12-13-21(17-9-6-14-26-22(15)17)28-24(30)18-8-3-5-11-20(18)27-23(29)16-7-2-4-10-19(16)25/h2-14H,1H3,(H,27,29)(H,28,30). The van der Waals surface area contributed by atoms with E-state index in [-0.39, 0.29) is 11.8 Å². The number of para-hydroxylation sites is 1. The SMILES string of the molecule is Cc1ccc(NC(=O)c2ccccc2NC(=O)c2ccccc2Br)c2cccnc12. The summed E-state index contributed by atoms with van der Waals surface area (Å²) in [5, 5.41) is 6.65. The topological polar surface area (TPSA) is 71.1 Å². The zero-order chi connectivity index (χ0) is 21.1. The number of hydrogen-bond donors (Lipinski definition) is 2. The molecule has 0 spiro atoms. The van der Waals surface area contributed by atoms with E-state index >= 15 is 0 Å². The number of hydrogen-bond acceptors (Lipinski definition) is 3. The molecule has 3 aromatic carbocycles. The Balaban J connectivity index is 1.63. The second-order valence-corrected chi connectivity index (χ2v) is 7.62. The highest BCUT2D eigenvalue weighted by atomic mass is 79.9. The summed E-state index contributed by atoms with van der Waals surface area (Å²) in [7, 11) is 0. The number of aryl methyl sites for hydroxylation is 1. The lowest BCUT2D eigenvalue weighted by Crippen LogP contribution is -2.18. The third-order valence-electron chi connectivity index (χ3n) is 4.76. The Bertz CT molecular complexity index is 1270. The van der Waals surface area contributed by atoms with Gasteiger partial charge in [0.25, 0.3) is 11.8 Å². The number of carbonyl (C=O) groups is 2. The Hall–Kier alpha value is -3.51. The van der Waals surface area contributed by atoms with Gasteiger partial charge in [0, 0.05) is 16.1 Å². The molecule has 0 fully saturated rings. The Labute approximate surface area is 182 Å². The minimum Gasteiger partial charge on any atom is -0.321 e. The number of benzene rings is 3. The van der Waals surface area contributed by atoms with E-state index in [9.17, 15) is 9.59 Å². The molecule has 4 rings (SSSR count). The molecular formula is C24H18BrN3O2. The van der Waals surface area contributed by atoms with E-state index in [4.69, 9.17) is 0 Å². The van der Waals surface area contributed by atoms with Crippen molar-refractivity contribution in [3.05, 3.63) is 100 Å². The zero-order valence-electron chi connectivity index (χ0n) is 16.1. The third-order valence-corrected chi connectivity index (χ3v) is 5.45. The van der Waals surface area contributed by atoms with E-state index in [0.29, 0.717) is 27.0 Å². The lowest BCUT2D eigenvalue weighted by atomic mass is 10.1. The van der Waals surface area contributed by atoms with Crippen molar-refractivity contribution in [2.45, 2.75) is 6.92 Å². The van der Waals surface area contributed by atoms with E-state index in [1.807, 2.05) is 37.3 Å². The van der Waals surface area contributed by atoms with Gasteiger partial charge in [0.15, 0.2) is 0 Å². The molecule has 0 aliphatic heterocycles. The normalized spacial score (nSPS) is 10.6. The van der Waals surface area contributed by atoms with Crippen LogP contribution in [0.15, 0.2) is 83.5 Å². The van der Waals surface area contributed by atoms with Crippen molar-refractivity contribution in [2.75, 3.05) is 10.6 Å². The van der Waals surface area contributed by atoms with Crippen LogP contribution in [0.25, 0.3) is 10.9 Å². The molecule has 1 aromatic heterocycles. The van der Waals surface area contributed by atoms with Crippen molar-refractivity contribution in [1.82, 2.24) is 4.98 Å². The predicted octanol–water partition coefficient (Wildman–Crippen LogP) is 5.81. The van der Waals surface area contributed by atoms with Gasteiger partial charge < -0.3 is 10.6 Å². The van der Waals surface area contributed by atoms with E-state index in [0.717, 1.165) is 16.5 Å². The highest BCUT2D eigenvalue weighted by Crippen LogP contribution is 2.26. The number of anilines is 2. The van der Waals surface area contributed by atoms with Crippen molar-refractivity contribution in [3.63, 3.8) is 0 Å². The van der Waals surface area contributed by atoms with Gasteiger partial charge in [-0.1, -0.05) is 30.3 Å². The fourth-order valence-corrected chi connectivity index (χ4v) is 3.70. The summed E-state index contributed by atoms with van der Waals surface area (Å²) in [6, 6.07) is 21.6. The first-order valence-electron chi connectivity index (χ1n) is 9.35. The molecule has 0 saturated heterocycles. The van der Waals surface area contributed by atoms with Gasteiger partial charge in [-0.25, -0.2) is 0 Å². The number of pyridine rings is 1. The van der Waals surface area contributed by atoms with Gasteiger partial charge in [0.1, 0.15) is 0 Å². The van der Waals surface area contributed by atoms with Gasteiger partial charge in [0.05, 0.1) is 28.0 Å².